The first-order valence-electron chi connectivity index (χ1n) is 8.38. The Morgan fingerprint density at radius 2 is 1.60 bits per heavy atom. The minimum Gasteiger partial charge on any atom is -0.494 e. The van der Waals surface area contributed by atoms with E-state index in [1.165, 1.54) is 70.1 Å². The molecule has 1 aliphatic rings. The summed E-state index contributed by atoms with van der Waals surface area (Å²) in [4.78, 5) is 2.48. The zero-order valence-corrected chi connectivity index (χ0v) is 12.9. The van der Waals surface area contributed by atoms with Gasteiger partial charge >= 0.3 is 0 Å². The summed E-state index contributed by atoms with van der Waals surface area (Å²) >= 11 is 0. The summed E-state index contributed by atoms with van der Waals surface area (Å²) in [6.07, 6.45) is 10.5. The van der Waals surface area contributed by atoms with E-state index in [1.807, 2.05) is 0 Å². The molecule has 0 unspecified atom stereocenters. The van der Waals surface area contributed by atoms with Crippen LogP contribution >= 0.6 is 0 Å². The monoisotopic (exact) mass is 275 g/mol. The van der Waals surface area contributed by atoms with Crippen molar-refractivity contribution in [3.8, 4) is 5.75 Å². The van der Waals surface area contributed by atoms with Crippen LogP contribution in [0, 0.1) is 0 Å². The van der Waals surface area contributed by atoms with E-state index < -0.39 is 0 Å². The lowest BCUT2D eigenvalue weighted by Gasteiger charge is -2.28. The highest BCUT2D eigenvalue weighted by atomic mass is 16.5. The SMILES string of the molecule is CCCCCCCOc1ccc(N2CCCCC2)cc1. The predicted octanol–water partition coefficient (Wildman–Crippen LogP) is 5.03. The average molecular weight is 275 g/mol. The summed E-state index contributed by atoms with van der Waals surface area (Å²) in [6, 6.07) is 8.65. The Kier molecular flexibility index (Phi) is 6.76. The van der Waals surface area contributed by atoms with Gasteiger partial charge < -0.3 is 9.64 Å². The number of ether oxygens (including phenoxy) is 1. The van der Waals surface area contributed by atoms with Crippen LogP contribution in [0.15, 0.2) is 24.3 Å². The Morgan fingerprint density at radius 3 is 2.30 bits per heavy atom. The lowest BCUT2D eigenvalue weighted by molar-refractivity contribution is 0.304. The first-order valence-corrected chi connectivity index (χ1v) is 8.38. The molecular weight excluding hydrogens is 246 g/mol. The van der Waals surface area contributed by atoms with Crippen LogP contribution in [0.4, 0.5) is 5.69 Å². The maximum atomic E-state index is 5.81. The average Bonchev–Trinajstić information content (AvgIpc) is 2.52. The van der Waals surface area contributed by atoms with E-state index in [1.54, 1.807) is 0 Å². The van der Waals surface area contributed by atoms with E-state index in [0.717, 1.165) is 12.4 Å². The minimum absolute atomic E-state index is 0.854. The normalized spacial score (nSPS) is 15.3. The second kappa shape index (κ2) is 8.89. The number of anilines is 1. The Labute approximate surface area is 124 Å². The first-order chi connectivity index (χ1) is 9.90. The number of benzene rings is 1. The van der Waals surface area contributed by atoms with Crippen molar-refractivity contribution in [2.24, 2.45) is 0 Å². The molecule has 0 radical (unpaired) electrons. The zero-order valence-electron chi connectivity index (χ0n) is 12.9. The number of rotatable bonds is 8. The van der Waals surface area contributed by atoms with Crippen LogP contribution in [0.1, 0.15) is 58.3 Å². The molecule has 0 bridgehead atoms. The molecule has 1 heterocycles. The van der Waals surface area contributed by atoms with Gasteiger partial charge in [0, 0.05) is 18.8 Å². The fourth-order valence-corrected chi connectivity index (χ4v) is 2.80. The third-order valence-corrected chi connectivity index (χ3v) is 4.07. The van der Waals surface area contributed by atoms with Crippen molar-refractivity contribution >= 4 is 5.69 Å². The highest BCUT2D eigenvalue weighted by Crippen LogP contribution is 2.22. The van der Waals surface area contributed by atoms with E-state index >= 15 is 0 Å². The molecule has 0 saturated carbocycles. The van der Waals surface area contributed by atoms with Gasteiger partial charge in [-0.1, -0.05) is 32.6 Å². The van der Waals surface area contributed by atoms with E-state index in [0.29, 0.717) is 0 Å². The number of unbranched alkanes of at least 4 members (excludes halogenated alkanes) is 4. The molecular formula is C18H29NO. The van der Waals surface area contributed by atoms with Gasteiger partial charge in [-0.05, 0) is 49.9 Å². The van der Waals surface area contributed by atoms with Gasteiger partial charge in [0.1, 0.15) is 5.75 Å². The molecule has 2 heteroatoms. The molecule has 0 amide bonds. The minimum atomic E-state index is 0.854. The molecule has 1 saturated heterocycles. The fraction of sp³-hybridized carbons (Fsp3) is 0.667. The summed E-state index contributed by atoms with van der Waals surface area (Å²) in [7, 11) is 0. The quantitative estimate of drug-likeness (QED) is 0.617. The van der Waals surface area contributed by atoms with Crippen molar-refractivity contribution in [2.45, 2.75) is 58.3 Å². The lowest BCUT2D eigenvalue weighted by atomic mass is 10.1. The van der Waals surface area contributed by atoms with Crippen molar-refractivity contribution in [2.75, 3.05) is 24.6 Å². The highest BCUT2D eigenvalue weighted by molar-refractivity contribution is 5.49. The predicted molar refractivity (Wildman–Crippen MR) is 86.8 cm³/mol. The second-order valence-electron chi connectivity index (χ2n) is 5.80. The fourth-order valence-electron chi connectivity index (χ4n) is 2.80. The second-order valence-corrected chi connectivity index (χ2v) is 5.80. The van der Waals surface area contributed by atoms with E-state index in [-0.39, 0.29) is 0 Å². The largest absolute Gasteiger partial charge is 0.494 e. The molecule has 2 rings (SSSR count). The molecule has 1 aromatic rings. The maximum Gasteiger partial charge on any atom is 0.119 e. The van der Waals surface area contributed by atoms with Gasteiger partial charge in [-0.2, -0.15) is 0 Å². The Balaban J connectivity index is 1.68. The van der Waals surface area contributed by atoms with Crippen LogP contribution in [0.5, 0.6) is 5.75 Å². The molecule has 0 aliphatic carbocycles. The van der Waals surface area contributed by atoms with Crippen LogP contribution in [-0.2, 0) is 0 Å². The van der Waals surface area contributed by atoms with Crippen molar-refractivity contribution in [1.82, 2.24) is 0 Å². The van der Waals surface area contributed by atoms with Gasteiger partial charge in [0.05, 0.1) is 6.61 Å². The molecule has 1 aliphatic heterocycles. The summed E-state index contributed by atoms with van der Waals surface area (Å²) in [6.45, 7) is 5.52. The molecule has 2 nitrogen and oxygen atoms in total. The van der Waals surface area contributed by atoms with Crippen LogP contribution in [-0.4, -0.2) is 19.7 Å². The zero-order chi connectivity index (χ0) is 14.0. The Bertz CT molecular complexity index is 354. The van der Waals surface area contributed by atoms with Gasteiger partial charge in [0.25, 0.3) is 0 Å². The van der Waals surface area contributed by atoms with E-state index in [4.69, 9.17) is 4.74 Å². The number of nitrogens with zero attached hydrogens (tertiary/aromatic N) is 1. The topological polar surface area (TPSA) is 12.5 Å². The number of hydrogen-bond acceptors (Lipinski definition) is 2. The Hall–Kier alpha value is -1.18. The van der Waals surface area contributed by atoms with E-state index in [9.17, 15) is 0 Å². The van der Waals surface area contributed by atoms with Crippen LogP contribution in [0.2, 0.25) is 0 Å². The van der Waals surface area contributed by atoms with E-state index in [2.05, 4.69) is 36.1 Å². The smallest absolute Gasteiger partial charge is 0.119 e. The number of hydrogen-bond donors (Lipinski definition) is 0. The van der Waals surface area contributed by atoms with Gasteiger partial charge in [-0.3, -0.25) is 0 Å². The van der Waals surface area contributed by atoms with Crippen LogP contribution in [0.25, 0.3) is 0 Å². The summed E-state index contributed by atoms with van der Waals surface area (Å²) in [5, 5.41) is 0. The van der Waals surface area contributed by atoms with Crippen molar-refractivity contribution in [1.29, 1.82) is 0 Å². The Morgan fingerprint density at radius 1 is 0.900 bits per heavy atom. The standard InChI is InChI=1S/C18H29NO/c1-2-3-4-5-9-16-20-18-12-10-17(11-13-18)19-14-7-6-8-15-19/h10-13H,2-9,14-16H2,1H3. The molecule has 112 valence electrons. The lowest BCUT2D eigenvalue weighted by Crippen LogP contribution is -2.29. The molecule has 0 aromatic heterocycles. The van der Waals surface area contributed by atoms with Crippen molar-refractivity contribution in [3.63, 3.8) is 0 Å². The molecule has 0 atom stereocenters. The van der Waals surface area contributed by atoms with Gasteiger partial charge in [0.15, 0.2) is 0 Å². The van der Waals surface area contributed by atoms with Gasteiger partial charge in [-0.15, -0.1) is 0 Å². The highest BCUT2D eigenvalue weighted by Gasteiger charge is 2.10. The van der Waals surface area contributed by atoms with Crippen LogP contribution < -0.4 is 9.64 Å². The van der Waals surface area contributed by atoms with Crippen molar-refractivity contribution < 1.29 is 4.74 Å². The molecule has 0 N–H and O–H groups in total. The molecule has 1 fully saturated rings. The van der Waals surface area contributed by atoms with Gasteiger partial charge in [-0.25, -0.2) is 0 Å². The van der Waals surface area contributed by atoms with Crippen LogP contribution in [0.3, 0.4) is 0 Å². The maximum absolute atomic E-state index is 5.81. The molecule has 20 heavy (non-hydrogen) atoms. The first kappa shape index (κ1) is 15.2. The van der Waals surface area contributed by atoms with Crippen molar-refractivity contribution in [3.05, 3.63) is 24.3 Å². The third kappa shape index (κ3) is 5.07. The summed E-state index contributed by atoms with van der Waals surface area (Å²) in [5.74, 6) is 1.02. The molecule has 0 spiro atoms. The third-order valence-electron chi connectivity index (χ3n) is 4.07. The summed E-state index contributed by atoms with van der Waals surface area (Å²) < 4.78 is 5.81. The molecule has 1 aromatic carbocycles. The summed E-state index contributed by atoms with van der Waals surface area (Å²) in [5.41, 5.74) is 1.35. The van der Waals surface area contributed by atoms with Gasteiger partial charge in [0.2, 0.25) is 0 Å². The number of piperidine rings is 1.